The van der Waals surface area contributed by atoms with Crippen molar-refractivity contribution in [1.82, 2.24) is 9.80 Å². The Kier molecular flexibility index (Phi) is 5.86. The molecular formula is C17H29N3. The second kappa shape index (κ2) is 7.65. The normalized spacial score (nSPS) is 17.6. The fourth-order valence-electron chi connectivity index (χ4n) is 2.95. The van der Waals surface area contributed by atoms with Crippen molar-refractivity contribution < 1.29 is 0 Å². The average Bonchev–Trinajstić information content (AvgIpc) is 2.85. The molecule has 0 radical (unpaired) electrons. The Morgan fingerprint density at radius 2 is 1.90 bits per heavy atom. The van der Waals surface area contributed by atoms with E-state index in [9.17, 15) is 0 Å². The highest BCUT2D eigenvalue weighted by atomic mass is 15.2. The third-order valence-corrected chi connectivity index (χ3v) is 4.14. The fraction of sp³-hybridized carbons (Fsp3) is 0.647. The quantitative estimate of drug-likeness (QED) is 0.787. The molecule has 0 aliphatic carbocycles. The van der Waals surface area contributed by atoms with Gasteiger partial charge in [-0.1, -0.05) is 25.1 Å². The summed E-state index contributed by atoms with van der Waals surface area (Å²) in [5.74, 6) is 0.685. The minimum Gasteiger partial charge on any atom is -0.384 e. The maximum absolute atomic E-state index is 3.53. The molecule has 112 valence electrons. The van der Waals surface area contributed by atoms with Gasteiger partial charge in [-0.15, -0.1) is 0 Å². The minimum absolute atomic E-state index is 0.685. The number of hydrogen-bond donors (Lipinski definition) is 1. The monoisotopic (exact) mass is 275 g/mol. The van der Waals surface area contributed by atoms with Gasteiger partial charge in [0.2, 0.25) is 0 Å². The van der Waals surface area contributed by atoms with E-state index < -0.39 is 0 Å². The molecule has 1 heterocycles. The van der Waals surface area contributed by atoms with E-state index in [0.717, 1.165) is 13.1 Å². The molecular weight excluding hydrogens is 246 g/mol. The van der Waals surface area contributed by atoms with Crippen LogP contribution in [0.1, 0.15) is 31.2 Å². The van der Waals surface area contributed by atoms with Crippen LogP contribution in [-0.2, 0) is 0 Å². The second-order valence-electron chi connectivity index (χ2n) is 6.10. The first-order valence-corrected chi connectivity index (χ1v) is 7.90. The molecule has 3 nitrogen and oxygen atoms in total. The van der Waals surface area contributed by atoms with E-state index >= 15 is 0 Å². The molecule has 1 aliphatic rings. The third kappa shape index (κ3) is 4.22. The van der Waals surface area contributed by atoms with E-state index in [1.807, 2.05) is 0 Å². The maximum Gasteiger partial charge on any atom is 0.0376 e. The molecule has 1 unspecified atom stereocenters. The van der Waals surface area contributed by atoms with Gasteiger partial charge in [0.05, 0.1) is 0 Å². The van der Waals surface area contributed by atoms with Gasteiger partial charge in [0.15, 0.2) is 0 Å². The first kappa shape index (κ1) is 15.3. The van der Waals surface area contributed by atoms with E-state index in [1.54, 1.807) is 0 Å². The number of rotatable bonds is 8. The van der Waals surface area contributed by atoms with Crippen molar-refractivity contribution in [2.45, 2.75) is 25.7 Å². The second-order valence-corrected chi connectivity index (χ2v) is 6.10. The first-order chi connectivity index (χ1) is 9.70. The van der Waals surface area contributed by atoms with Gasteiger partial charge < -0.3 is 15.1 Å². The smallest absolute Gasteiger partial charge is 0.0376 e. The van der Waals surface area contributed by atoms with Crippen molar-refractivity contribution >= 4 is 5.69 Å². The van der Waals surface area contributed by atoms with Gasteiger partial charge in [-0.05, 0) is 51.7 Å². The Hall–Kier alpha value is -1.06. The molecule has 0 bridgehead atoms. The van der Waals surface area contributed by atoms with Gasteiger partial charge in [0, 0.05) is 31.2 Å². The summed E-state index contributed by atoms with van der Waals surface area (Å²) in [6, 6.07) is 8.76. The summed E-state index contributed by atoms with van der Waals surface area (Å²) in [5, 5.41) is 3.53. The molecule has 0 amide bonds. The van der Waals surface area contributed by atoms with E-state index in [4.69, 9.17) is 0 Å². The number of nitrogens with one attached hydrogen (secondary N) is 1. The Balaban J connectivity index is 1.83. The van der Waals surface area contributed by atoms with Crippen molar-refractivity contribution in [3.05, 3.63) is 29.8 Å². The molecule has 3 heteroatoms. The zero-order valence-electron chi connectivity index (χ0n) is 13.2. The zero-order chi connectivity index (χ0) is 14.4. The van der Waals surface area contributed by atoms with Crippen molar-refractivity contribution in [2.24, 2.45) is 0 Å². The van der Waals surface area contributed by atoms with Crippen LogP contribution < -0.4 is 5.32 Å². The molecule has 0 saturated carbocycles. The fourth-order valence-corrected chi connectivity index (χ4v) is 2.95. The van der Waals surface area contributed by atoms with Crippen LogP contribution in [0, 0.1) is 0 Å². The predicted molar refractivity (Wildman–Crippen MR) is 87.6 cm³/mol. The molecule has 20 heavy (non-hydrogen) atoms. The van der Waals surface area contributed by atoms with Crippen molar-refractivity contribution in [2.75, 3.05) is 52.1 Å². The van der Waals surface area contributed by atoms with Gasteiger partial charge in [-0.25, -0.2) is 0 Å². The van der Waals surface area contributed by atoms with Crippen LogP contribution in [0.3, 0.4) is 0 Å². The van der Waals surface area contributed by atoms with Gasteiger partial charge >= 0.3 is 0 Å². The largest absolute Gasteiger partial charge is 0.384 e. The highest BCUT2D eigenvalue weighted by Crippen LogP contribution is 2.33. The third-order valence-electron chi connectivity index (χ3n) is 4.14. The highest BCUT2D eigenvalue weighted by molar-refractivity contribution is 5.57. The number of benzene rings is 1. The summed E-state index contributed by atoms with van der Waals surface area (Å²) in [6.07, 6.45) is 2.50. The molecule has 0 spiro atoms. The average molecular weight is 275 g/mol. The van der Waals surface area contributed by atoms with Crippen LogP contribution in [0.25, 0.3) is 0 Å². The maximum atomic E-state index is 3.53. The van der Waals surface area contributed by atoms with Gasteiger partial charge in [0.1, 0.15) is 0 Å². The van der Waals surface area contributed by atoms with Crippen LogP contribution >= 0.6 is 0 Å². The molecule has 0 fully saturated rings. The lowest BCUT2D eigenvalue weighted by atomic mass is 9.98. The Morgan fingerprint density at radius 1 is 1.10 bits per heavy atom. The van der Waals surface area contributed by atoms with Crippen molar-refractivity contribution in [3.63, 3.8) is 0 Å². The standard InChI is InChI=1S/C17H29N3/c1-4-10-20(13-12-19(2)3)11-9-15-14-18-17-8-6-5-7-16(15)17/h5-8,15,18H,4,9-14H2,1-3H3. The molecule has 0 aromatic heterocycles. The summed E-state index contributed by atoms with van der Waals surface area (Å²) in [7, 11) is 4.31. The summed E-state index contributed by atoms with van der Waals surface area (Å²) in [4.78, 5) is 4.88. The lowest BCUT2D eigenvalue weighted by Gasteiger charge is -2.25. The van der Waals surface area contributed by atoms with Crippen LogP contribution in [-0.4, -0.2) is 56.6 Å². The topological polar surface area (TPSA) is 18.5 Å². The molecule has 1 aromatic rings. The Bertz CT molecular complexity index is 403. The van der Waals surface area contributed by atoms with E-state index in [-0.39, 0.29) is 0 Å². The SMILES string of the molecule is CCCN(CCC1CNc2ccccc21)CCN(C)C. The van der Waals surface area contributed by atoms with E-state index in [0.29, 0.717) is 5.92 Å². The number of nitrogens with zero attached hydrogens (tertiary/aromatic N) is 2. The van der Waals surface area contributed by atoms with Gasteiger partial charge in [-0.3, -0.25) is 0 Å². The Morgan fingerprint density at radius 3 is 2.65 bits per heavy atom. The lowest BCUT2D eigenvalue weighted by molar-refractivity contribution is 0.234. The number of hydrogen-bond acceptors (Lipinski definition) is 3. The molecule has 1 atom stereocenters. The zero-order valence-corrected chi connectivity index (χ0v) is 13.2. The number of likely N-dealkylation sites (N-methyl/N-ethyl adjacent to an activating group) is 1. The van der Waals surface area contributed by atoms with Gasteiger partial charge in [-0.2, -0.15) is 0 Å². The molecule has 1 aromatic carbocycles. The number of para-hydroxylation sites is 1. The predicted octanol–water partition coefficient (Wildman–Crippen LogP) is 2.86. The van der Waals surface area contributed by atoms with E-state index in [1.165, 1.54) is 43.7 Å². The number of fused-ring (bicyclic) bond motifs is 1. The van der Waals surface area contributed by atoms with E-state index in [2.05, 4.69) is 60.4 Å². The highest BCUT2D eigenvalue weighted by Gasteiger charge is 2.21. The van der Waals surface area contributed by atoms with Crippen molar-refractivity contribution in [3.8, 4) is 0 Å². The first-order valence-electron chi connectivity index (χ1n) is 7.90. The summed E-state index contributed by atoms with van der Waals surface area (Å²) < 4.78 is 0. The molecule has 2 rings (SSSR count). The van der Waals surface area contributed by atoms with Crippen LogP contribution in [0.15, 0.2) is 24.3 Å². The number of anilines is 1. The van der Waals surface area contributed by atoms with Gasteiger partial charge in [0.25, 0.3) is 0 Å². The molecule has 1 aliphatic heterocycles. The Labute approximate surface area is 124 Å². The van der Waals surface area contributed by atoms with Crippen LogP contribution in [0.4, 0.5) is 5.69 Å². The molecule has 1 N–H and O–H groups in total. The van der Waals surface area contributed by atoms with Crippen molar-refractivity contribution in [1.29, 1.82) is 0 Å². The summed E-state index contributed by atoms with van der Waals surface area (Å²) in [5.41, 5.74) is 2.85. The molecule has 0 saturated heterocycles. The summed E-state index contributed by atoms with van der Waals surface area (Å²) in [6.45, 7) is 8.14. The van der Waals surface area contributed by atoms with Crippen LogP contribution in [0.2, 0.25) is 0 Å². The minimum atomic E-state index is 0.685. The summed E-state index contributed by atoms with van der Waals surface area (Å²) >= 11 is 0. The van der Waals surface area contributed by atoms with Crippen LogP contribution in [0.5, 0.6) is 0 Å². The lowest BCUT2D eigenvalue weighted by Crippen LogP contribution is -2.33.